The zero-order valence-corrected chi connectivity index (χ0v) is 13.6. The van der Waals surface area contributed by atoms with E-state index in [1.54, 1.807) is 12.2 Å². The average Bonchev–Trinajstić information content (AvgIpc) is 2.59. The second-order valence-corrected chi connectivity index (χ2v) is 5.67. The molecule has 0 saturated carbocycles. The minimum Gasteiger partial charge on any atom is -0.388 e. The van der Waals surface area contributed by atoms with Crippen LogP contribution in [0.15, 0.2) is 78.4 Å². The largest absolute Gasteiger partial charge is 0.388 e. The van der Waals surface area contributed by atoms with E-state index >= 15 is 0 Å². The molecule has 0 bridgehead atoms. The van der Waals surface area contributed by atoms with Crippen LogP contribution in [0.25, 0.3) is 5.57 Å². The maximum atomic E-state index is 7.69. The number of halogens is 1. The summed E-state index contributed by atoms with van der Waals surface area (Å²) in [6.07, 6.45) is 7.53. The molecule has 23 heavy (non-hydrogen) atoms. The molecule has 0 spiro atoms. The molecular weight excluding hydrogens is 304 g/mol. The zero-order chi connectivity index (χ0) is 16.2. The van der Waals surface area contributed by atoms with Crippen molar-refractivity contribution >= 4 is 28.6 Å². The van der Waals surface area contributed by atoms with Gasteiger partial charge >= 0.3 is 0 Å². The lowest BCUT2D eigenvalue weighted by molar-refractivity contribution is 1.46. The van der Waals surface area contributed by atoms with Crippen molar-refractivity contribution in [3.8, 4) is 0 Å². The molecule has 0 aromatic heterocycles. The van der Waals surface area contributed by atoms with Gasteiger partial charge in [-0.3, -0.25) is 0 Å². The number of benzene rings is 2. The Kier molecular flexibility index (Phi) is 4.45. The molecule has 1 aliphatic carbocycles. The van der Waals surface area contributed by atoms with Crippen molar-refractivity contribution in [1.29, 1.82) is 5.41 Å². The Morgan fingerprint density at radius 3 is 2.17 bits per heavy atom. The molecule has 114 valence electrons. The molecule has 3 rings (SSSR count). The van der Waals surface area contributed by atoms with Gasteiger partial charge in [0.25, 0.3) is 0 Å². The second-order valence-electron chi connectivity index (χ2n) is 5.26. The Balaban J connectivity index is 2.20. The van der Waals surface area contributed by atoms with E-state index in [1.165, 1.54) is 0 Å². The van der Waals surface area contributed by atoms with Crippen molar-refractivity contribution in [3.63, 3.8) is 0 Å². The highest BCUT2D eigenvalue weighted by molar-refractivity contribution is 6.32. The van der Waals surface area contributed by atoms with Gasteiger partial charge in [-0.25, -0.2) is 0 Å². The zero-order valence-electron chi connectivity index (χ0n) is 12.8. The van der Waals surface area contributed by atoms with E-state index in [9.17, 15) is 0 Å². The first-order valence-electron chi connectivity index (χ1n) is 7.41. The lowest BCUT2D eigenvalue weighted by atomic mass is 9.90. The van der Waals surface area contributed by atoms with Gasteiger partial charge in [-0.1, -0.05) is 54.1 Å². The molecule has 0 saturated heterocycles. The Morgan fingerprint density at radius 1 is 0.913 bits per heavy atom. The number of nitrogens with one attached hydrogen (secondary N) is 2. The van der Waals surface area contributed by atoms with Gasteiger partial charge in [-0.05, 0) is 47.1 Å². The Bertz CT molecular complexity index is 809. The van der Waals surface area contributed by atoms with E-state index < -0.39 is 0 Å². The predicted molar refractivity (Wildman–Crippen MR) is 99.5 cm³/mol. The summed E-state index contributed by atoms with van der Waals surface area (Å²) >= 11 is 6.44. The molecule has 1 aliphatic rings. The Morgan fingerprint density at radius 2 is 1.57 bits per heavy atom. The normalized spacial score (nSPS) is 13.3. The highest BCUT2D eigenvalue weighted by atomic mass is 35.5. The number of allylic oxidation sites excluding steroid dienone is 5. The molecule has 0 atom stereocenters. The maximum absolute atomic E-state index is 7.69. The van der Waals surface area contributed by atoms with Crippen LogP contribution in [0.5, 0.6) is 0 Å². The van der Waals surface area contributed by atoms with Crippen LogP contribution in [-0.4, -0.2) is 12.8 Å². The Labute approximate surface area is 141 Å². The van der Waals surface area contributed by atoms with Gasteiger partial charge in [-0.2, -0.15) is 0 Å². The minimum atomic E-state index is 0.498. The van der Waals surface area contributed by atoms with E-state index in [2.05, 4.69) is 17.4 Å². The van der Waals surface area contributed by atoms with E-state index in [1.807, 2.05) is 55.6 Å². The average molecular weight is 321 g/mol. The fourth-order valence-corrected chi connectivity index (χ4v) is 2.81. The van der Waals surface area contributed by atoms with Crippen molar-refractivity contribution in [2.75, 3.05) is 12.4 Å². The molecule has 0 unspecified atom stereocenters. The lowest BCUT2D eigenvalue weighted by Crippen LogP contribution is -1.98. The van der Waals surface area contributed by atoms with Crippen molar-refractivity contribution in [2.45, 2.75) is 0 Å². The maximum Gasteiger partial charge on any atom is 0.0540 e. The van der Waals surface area contributed by atoms with Crippen molar-refractivity contribution in [1.82, 2.24) is 0 Å². The second kappa shape index (κ2) is 6.67. The molecule has 0 heterocycles. The van der Waals surface area contributed by atoms with E-state index in [0.29, 0.717) is 5.71 Å². The molecule has 0 fully saturated rings. The van der Waals surface area contributed by atoms with Crippen molar-refractivity contribution in [2.24, 2.45) is 0 Å². The van der Waals surface area contributed by atoms with E-state index in [4.69, 9.17) is 17.0 Å². The summed E-state index contributed by atoms with van der Waals surface area (Å²) in [6, 6.07) is 16.1. The quantitative estimate of drug-likeness (QED) is 0.787. The predicted octanol–water partition coefficient (Wildman–Crippen LogP) is 5.33. The molecule has 2 nitrogen and oxygen atoms in total. The third-order valence-corrected chi connectivity index (χ3v) is 4.11. The number of rotatable bonds is 3. The lowest BCUT2D eigenvalue weighted by Gasteiger charge is -2.15. The topological polar surface area (TPSA) is 35.9 Å². The molecule has 0 radical (unpaired) electrons. The number of anilines is 1. The van der Waals surface area contributed by atoms with Gasteiger partial charge in [0.1, 0.15) is 0 Å². The molecule has 0 aliphatic heterocycles. The van der Waals surface area contributed by atoms with Crippen molar-refractivity contribution < 1.29 is 0 Å². The van der Waals surface area contributed by atoms with Crippen LogP contribution in [-0.2, 0) is 0 Å². The van der Waals surface area contributed by atoms with Crippen LogP contribution in [0.4, 0.5) is 5.69 Å². The van der Waals surface area contributed by atoms with Crippen LogP contribution in [0.2, 0.25) is 5.02 Å². The van der Waals surface area contributed by atoms with Crippen LogP contribution >= 0.6 is 11.6 Å². The summed E-state index contributed by atoms with van der Waals surface area (Å²) in [5.41, 5.74) is 5.76. The van der Waals surface area contributed by atoms with Gasteiger partial charge < -0.3 is 10.7 Å². The number of hydrogen-bond donors (Lipinski definition) is 2. The molecule has 2 N–H and O–H groups in total. The molecule has 3 heteroatoms. The van der Waals surface area contributed by atoms with E-state index in [0.717, 1.165) is 33.0 Å². The third kappa shape index (κ3) is 3.27. The third-order valence-electron chi connectivity index (χ3n) is 3.78. The first kappa shape index (κ1) is 15.3. The summed E-state index contributed by atoms with van der Waals surface area (Å²) in [6.45, 7) is 0. The highest BCUT2D eigenvalue weighted by Crippen LogP contribution is 2.34. The molecular formula is C20H17ClN2. The standard InChI is InChI=1S/C20H17ClN2/c1-23-17-12-8-15(9-13-17)20(14-6-10-16(22)11-7-14)18-4-2-3-5-19(18)21/h2-13,22-23H,1H3. The van der Waals surface area contributed by atoms with Crippen LogP contribution in [0.1, 0.15) is 11.1 Å². The monoisotopic (exact) mass is 320 g/mol. The molecule has 2 aromatic carbocycles. The fourth-order valence-electron chi connectivity index (χ4n) is 2.58. The van der Waals surface area contributed by atoms with Crippen LogP contribution in [0, 0.1) is 5.41 Å². The summed E-state index contributed by atoms with van der Waals surface area (Å²) in [5, 5.41) is 11.5. The smallest absolute Gasteiger partial charge is 0.0540 e. The van der Waals surface area contributed by atoms with Crippen LogP contribution in [0.3, 0.4) is 0 Å². The number of hydrogen-bond acceptors (Lipinski definition) is 2. The van der Waals surface area contributed by atoms with E-state index in [-0.39, 0.29) is 0 Å². The fraction of sp³-hybridized carbons (Fsp3) is 0.0500. The van der Waals surface area contributed by atoms with Gasteiger partial charge in [0.2, 0.25) is 0 Å². The van der Waals surface area contributed by atoms with Gasteiger partial charge in [0.15, 0.2) is 0 Å². The van der Waals surface area contributed by atoms with Gasteiger partial charge in [-0.15, -0.1) is 0 Å². The van der Waals surface area contributed by atoms with Crippen LogP contribution < -0.4 is 5.32 Å². The molecule has 0 amide bonds. The molecule has 2 aromatic rings. The highest BCUT2D eigenvalue weighted by Gasteiger charge is 2.13. The van der Waals surface area contributed by atoms with Crippen molar-refractivity contribution in [3.05, 3.63) is 94.6 Å². The summed E-state index contributed by atoms with van der Waals surface area (Å²) in [7, 11) is 1.90. The summed E-state index contributed by atoms with van der Waals surface area (Å²) < 4.78 is 0. The van der Waals surface area contributed by atoms with Gasteiger partial charge in [0, 0.05) is 23.3 Å². The Hall–Kier alpha value is -2.58. The first-order chi connectivity index (χ1) is 11.2. The SMILES string of the molecule is CNc1ccc(C(=C2C=CC(=N)C=C2)c2ccccc2Cl)cc1. The van der Waals surface area contributed by atoms with Gasteiger partial charge in [0.05, 0.1) is 5.71 Å². The minimum absolute atomic E-state index is 0.498. The first-order valence-corrected chi connectivity index (χ1v) is 7.79. The summed E-state index contributed by atoms with van der Waals surface area (Å²) in [5.74, 6) is 0. The summed E-state index contributed by atoms with van der Waals surface area (Å²) in [4.78, 5) is 0.